The lowest BCUT2D eigenvalue weighted by molar-refractivity contribution is 0.635. The van der Waals surface area contributed by atoms with E-state index in [1.54, 1.807) is 34.4 Å². The van der Waals surface area contributed by atoms with Crippen molar-refractivity contribution >= 4 is 46.0 Å². The Balaban J connectivity index is 1.32. The number of thioether (sulfide) groups is 1. The highest BCUT2D eigenvalue weighted by molar-refractivity contribution is 7.98. The number of nitrogens with zero attached hydrogens (tertiary/aromatic N) is 4. The van der Waals surface area contributed by atoms with Crippen molar-refractivity contribution < 1.29 is 0 Å². The highest BCUT2D eigenvalue weighted by atomic mass is 35.5. The minimum absolute atomic E-state index is 0.557. The van der Waals surface area contributed by atoms with Crippen molar-refractivity contribution in [1.29, 1.82) is 0 Å². The molecule has 3 aromatic heterocycles. The monoisotopic (exact) mass is 444 g/mol. The quantitative estimate of drug-likeness (QED) is 0.312. The number of benzene rings is 1. The summed E-state index contributed by atoms with van der Waals surface area (Å²) in [6, 6.07) is 12.7. The van der Waals surface area contributed by atoms with E-state index in [2.05, 4.69) is 37.7 Å². The molecule has 0 aliphatic heterocycles. The minimum atomic E-state index is 0.557. The lowest BCUT2D eigenvalue weighted by atomic mass is 10.2. The fourth-order valence-corrected chi connectivity index (χ4v) is 5.93. The summed E-state index contributed by atoms with van der Waals surface area (Å²) in [5, 5.41) is 15.9. The van der Waals surface area contributed by atoms with Gasteiger partial charge >= 0.3 is 0 Å². The van der Waals surface area contributed by atoms with Crippen LogP contribution >= 0.6 is 46.0 Å². The van der Waals surface area contributed by atoms with E-state index in [1.807, 2.05) is 24.3 Å². The van der Waals surface area contributed by atoms with Gasteiger partial charge in [0.25, 0.3) is 0 Å². The molecule has 5 rings (SSSR count). The SMILES string of the molecule is Clc1ccccc1-c1nc(CSc2nnc(Cc3cccs3)n2C2CC2)cs1. The van der Waals surface area contributed by atoms with Crippen LogP contribution in [0.15, 0.2) is 52.3 Å². The molecule has 1 aliphatic rings. The third-order valence-corrected chi connectivity index (χ3v) is 7.67. The van der Waals surface area contributed by atoms with Crippen molar-refractivity contribution in [2.45, 2.75) is 36.2 Å². The minimum Gasteiger partial charge on any atom is -0.303 e. The Morgan fingerprint density at radius 3 is 2.79 bits per heavy atom. The topological polar surface area (TPSA) is 43.6 Å². The van der Waals surface area contributed by atoms with Crippen LogP contribution in [-0.4, -0.2) is 19.7 Å². The third-order valence-electron chi connectivity index (χ3n) is 4.56. The lowest BCUT2D eigenvalue weighted by Crippen LogP contribution is -2.03. The average molecular weight is 445 g/mol. The zero-order chi connectivity index (χ0) is 18.9. The maximum absolute atomic E-state index is 6.31. The molecule has 4 aromatic rings. The molecule has 0 radical (unpaired) electrons. The van der Waals surface area contributed by atoms with E-state index >= 15 is 0 Å². The zero-order valence-corrected chi connectivity index (χ0v) is 18.1. The van der Waals surface area contributed by atoms with Gasteiger partial charge in [-0.25, -0.2) is 4.98 Å². The number of halogens is 1. The molecule has 4 nitrogen and oxygen atoms in total. The number of hydrogen-bond donors (Lipinski definition) is 0. The summed E-state index contributed by atoms with van der Waals surface area (Å²) in [6.45, 7) is 0. The van der Waals surface area contributed by atoms with Crippen LogP contribution in [-0.2, 0) is 12.2 Å². The predicted octanol–water partition coefficient (Wildman–Crippen LogP) is 6.33. The number of aromatic nitrogens is 4. The summed E-state index contributed by atoms with van der Waals surface area (Å²) >= 11 is 11.4. The highest BCUT2D eigenvalue weighted by Crippen LogP contribution is 2.40. The Bertz CT molecular complexity index is 1080. The average Bonchev–Trinajstić information content (AvgIpc) is 3.10. The van der Waals surface area contributed by atoms with E-state index in [0.717, 1.165) is 44.4 Å². The van der Waals surface area contributed by atoms with Gasteiger partial charge in [0.1, 0.15) is 10.8 Å². The molecule has 0 atom stereocenters. The van der Waals surface area contributed by atoms with Crippen molar-refractivity contribution in [3.8, 4) is 10.6 Å². The summed E-state index contributed by atoms with van der Waals surface area (Å²) in [5.41, 5.74) is 2.04. The van der Waals surface area contributed by atoms with Crippen LogP contribution in [0.4, 0.5) is 0 Å². The van der Waals surface area contributed by atoms with Crippen LogP contribution in [0.2, 0.25) is 5.02 Å². The number of hydrogen-bond acceptors (Lipinski definition) is 6. The maximum atomic E-state index is 6.31. The first-order valence-corrected chi connectivity index (χ1v) is 12.2. The van der Waals surface area contributed by atoms with Crippen LogP contribution in [0.25, 0.3) is 10.6 Å². The molecular weight excluding hydrogens is 428 g/mol. The van der Waals surface area contributed by atoms with E-state index in [4.69, 9.17) is 16.6 Å². The Labute approximate surface area is 180 Å². The molecule has 0 bridgehead atoms. The molecule has 1 saturated carbocycles. The van der Waals surface area contributed by atoms with E-state index < -0.39 is 0 Å². The molecule has 3 heterocycles. The molecule has 1 aromatic carbocycles. The largest absolute Gasteiger partial charge is 0.303 e. The predicted molar refractivity (Wildman–Crippen MR) is 118 cm³/mol. The van der Waals surface area contributed by atoms with Gasteiger partial charge in [-0.15, -0.1) is 32.9 Å². The first-order chi connectivity index (χ1) is 13.8. The second-order valence-electron chi connectivity index (χ2n) is 6.67. The van der Waals surface area contributed by atoms with Crippen molar-refractivity contribution in [2.75, 3.05) is 0 Å². The van der Waals surface area contributed by atoms with Gasteiger partial charge in [0.15, 0.2) is 5.16 Å². The second-order valence-corrected chi connectivity index (χ2v) is 9.91. The highest BCUT2D eigenvalue weighted by Gasteiger charge is 2.29. The van der Waals surface area contributed by atoms with Gasteiger partial charge in [0.2, 0.25) is 0 Å². The van der Waals surface area contributed by atoms with Gasteiger partial charge < -0.3 is 4.57 Å². The number of rotatable bonds is 7. The molecule has 0 saturated heterocycles. The van der Waals surface area contributed by atoms with Crippen LogP contribution in [0.3, 0.4) is 0 Å². The van der Waals surface area contributed by atoms with Gasteiger partial charge in [-0.2, -0.15) is 0 Å². The van der Waals surface area contributed by atoms with Gasteiger partial charge in [-0.05, 0) is 30.4 Å². The summed E-state index contributed by atoms with van der Waals surface area (Å²) in [4.78, 5) is 6.10. The Kier molecular flexibility index (Phi) is 5.24. The van der Waals surface area contributed by atoms with Crippen LogP contribution < -0.4 is 0 Å². The number of thiophene rings is 1. The van der Waals surface area contributed by atoms with Gasteiger partial charge in [0, 0.05) is 34.0 Å². The zero-order valence-electron chi connectivity index (χ0n) is 14.9. The summed E-state index contributed by atoms with van der Waals surface area (Å²) < 4.78 is 2.34. The molecule has 0 N–H and O–H groups in total. The first kappa shape index (κ1) is 18.4. The fourth-order valence-electron chi connectivity index (χ4n) is 3.06. The lowest BCUT2D eigenvalue weighted by Gasteiger charge is -2.07. The summed E-state index contributed by atoms with van der Waals surface area (Å²) in [5.74, 6) is 1.85. The molecule has 1 fully saturated rings. The van der Waals surface area contributed by atoms with E-state index in [-0.39, 0.29) is 0 Å². The molecule has 0 unspecified atom stereocenters. The summed E-state index contributed by atoms with van der Waals surface area (Å²) in [6.07, 6.45) is 3.29. The van der Waals surface area contributed by atoms with Crippen molar-refractivity contribution in [2.24, 2.45) is 0 Å². The summed E-state index contributed by atoms with van der Waals surface area (Å²) in [7, 11) is 0. The molecule has 142 valence electrons. The normalized spacial score (nSPS) is 13.9. The number of thiazole rings is 1. The molecule has 28 heavy (non-hydrogen) atoms. The van der Waals surface area contributed by atoms with Gasteiger partial charge in [0.05, 0.1) is 10.7 Å². The molecule has 8 heteroatoms. The van der Waals surface area contributed by atoms with Crippen molar-refractivity contribution in [3.05, 3.63) is 68.6 Å². The van der Waals surface area contributed by atoms with Crippen molar-refractivity contribution in [1.82, 2.24) is 19.7 Å². The maximum Gasteiger partial charge on any atom is 0.191 e. The smallest absolute Gasteiger partial charge is 0.191 e. The van der Waals surface area contributed by atoms with E-state index in [1.165, 1.54) is 17.7 Å². The van der Waals surface area contributed by atoms with Crippen LogP contribution in [0.1, 0.15) is 35.3 Å². The Hall–Kier alpha value is -1.67. The van der Waals surface area contributed by atoms with E-state index in [0.29, 0.717) is 6.04 Å². The van der Waals surface area contributed by atoms with Crippen LogP contribution in [0, 0.1) is 0 Å². The molecule has 0 amide bonds. The van der Waals surface area contributed by atoms with Gasteiger partial charge in [-0.3, -0.25) is 0 Å². The Morgan fingerprint density at radius 2 is 2.00 bits per heavy atom. The molecular formula is C20H17ClN4S3. The standard InChI is InChI=1S/C20H17ClN4S3/c21-17-6-2-1-5-16(17)19-22-13(11-27-19)12-28-20-24-23-18(25(20)14-7-8-14)10-15-4-3-9-26-15/h1-6,9,11,14H,7-8,10,12H2. The Morgan fingerprint density at radius 1 is 1.11 bits per heavy atom. The first-order valence-electron chi connectivity index (χ1n) is 9.06. The van der Waals surface area contributed by atoms with Crippen molar-refractivity contribution in [3.63, 3.8) is 0 Å². The second kappa shape index (κ2) is 7.99. The molecule has 0 spiro atoms. The van der Waals surface area contributed by atoms with E-state index in [9.17, 15) is 0 Å². The van der Waals surface area contributed by atoms with Crippen LogP contribution in [0.5, 0.6) is 0 Å². The third kappa shape index (κ3) is 3.89. The fraction of sp³-hybridized carbons (Fsp3) is 0.250. The molecule has 1 aliphatic carbocycles. The van der Waals surface area contributed by atoms with Gasteiger partial charge in [-0.1, -0.05) is 47.6 Å².